The molecule has 0 saturated heterocycles. The largest absolute Gasteiger partial charge is 0.367 e. The van der Waals surface area contributed by atoms with E-state index >= 15 is 0 Å². The number of likely N-dealkylation sites (N-methyl/N-ethyl adjacent to an activating group) is 1. The van der Waals surface area contributed by atoms with E-state index in [1.165, 1.54) is 0 Å². The van der Waals surface area contributed by atoms with E-state index in [4.69, 9.17) is 11.6 Å². The van der Waals surface area contributed by atoms with Crippen LogP contribution in [0.5, 0.6) is 0 Å². The summed E-state index contributed by atoms with van der Waals surface area (Å²) in [6, 6.07) is 15.1. The van der Waals surface area contributed by atoms with Crippen molar-refractivity contribution in [1.29, 1.82) is 0 Å². The van der Waals surface area contributed by atoms with Crippen molar-refractivity contribution >= 4 is 34.7 Å². The van der Waals surface area contributed by atoms with Crippen LogP contribution in [0.2, 0.25) is 5.02 Å². The smallest absolute Gasteiger partial charge is 0.326 e. The maximum Gasteiger partial charge on any atom is 0.326 e. The lowest BCUT2D eigenvalue weighted by atomic mass is 10.1. The average Bonchev–Trinajstić information content (AvgIpc) is 2.59. The number of carbonyl (C=O) groups excluding carboxylic acids is 1. The summed E-state index contributed by atoms with van der Waals surface area (Å²) in [7, 11) is 4.14. The Labute approximate surface area is 153 Å². The molecular weight excluding hydrogens is 336 g/mol. The maximum absolute atomic E-state index is 12.8. The Balaban J connectivity index is 1.78. The fourth-order valence-corrected chi connectivity index (χ4v) is 3.13. The van der Waals surface area contributed by atoms with Crippen LogP contribution in [0.4, 0.5) is 21.9 Å². The van der Waals surface area contributed by atoms with Crippen molar-refractivity contribution in [2.75, 3.05) is 55.4 Å². The monoisotopic (exact) mass is 358 g/mol. The summed E-state index contributed by atoms with van der Waals surface area (Å²) in [6.45, 7) is 3.38. The minimum atomic E-state index is -0.137. The fraction of sp³-hybridized carbons (Fsp3) is 0.316. The molecule has 0 fully saturated rings. The number of para-hydroxylation sites is 2. The quantitative estimate of drug-likeness (QED) is 0.904. The molecular formula is C19H23ClN4O. The lowest BCUT2D eigenvalue weighted by Crippen LogP contribution is -2.47. The molecule has 2 aromatic carbocycles. The normalized spacial score (nSPS) is 13.8. The second kappa shape index (κ2) is 7.76. The summed E-state index contributed by atoms with van der Waals surface area (Å²) in [5, 5.41) is 3.54. The summed E-state index contributed by atoms with van der Waals surface area (Å²) in [5.74, 6) is 0. The van der Waals surface area contributed by atoms with Gasteiger partial charge >= 0.3 is 6.03 Å². The van der Waals surface area contributed by atoms with E-state index in [1.54, 1.807) is 17.0 Å². The predicted octanol–water partition coefficient (Wildman–Crippen LogP) is 3.76. The van der Waals surface area contributed by atoms with Crippen LogP contribution >= 0.6 is 11.6 Å². The van der Waals surface area contributed by atoms with Crippen molar-refractivity contribution in [2.45, 2.75) is 0 Å². The first kappa shape index (κ1) is 17.6. The third kappa shape index (κ3) is 4.24. The predicted molar refractivity (Wildman–Crippen MR) is 105 cm³/mol. The molecule has 0 spiro atoms. The van der Waals surface area contributed by atoms with Crippen LogP contribution in [-0.4, -0.2) is 51.2 Å². The number of anilines is 3. The van der Waals surface area contributed by atoms with Gasteiger partial charge in [-0.3, -0.25) is 4.90 Å². The Morgan fingerprint density at radius 1 is 1.12 bits per heavy atom. The minimum Gasteiger partial charge on any atom is -0.367 e. The number of hydrogen-bond acceptors (Lipinski definition) is 3. The summed E-state index contributed by atoms with van der Waals surface area (Å²) < 4.78 is 0. The van der Waals surface area contributed by atoms with Crippen molar-refractivity contribution < 1.29 is 4.79 Å². The Morgan fingerprint density at radius 2 is 1.88 bits per heavy atom. The molecule has 0 saturated carbocycles. The van der Waals surface area contributed by atoms with E-state index in [9.17, 15) is 4.79 Å². The highest BCUT2D eigenvalue weighted by Gasteiger charge is 2.26. The van der Waals surface area contributed by atoms with Crippen LogP contribution in [0.1, 0.15) is 0 Å². The van der Waals surface area contributed by atoms with Gasteiger partial charge in [-0.15, -0.1) is 0 Å². The summed E-state index contributed by atoms with van der Waals surface area (Å²) in [4.78, 5) is 19.1. The van der Waals surface area contributed by atoms with Gasteiger partial charge < -0.3 is 15.1 Å². The number of halogens is 1. The van der Waals surface area contributed by atoms with Crippen LogP contribution in [0.15, 0.2) is 48.5 Å². The molecule has 1 aliphatic rings. The SMILES string of the molecule is CN(C)CCN1CCN(C(=O)Nc2cccc(Cl)c2)c2ccccc21. The second-order valence-electron chi connectivity index (χ2n) is 6.37. The number of urea groups is 1. The topological polar surface area (TPSA) is 38.8 Å². The van der Waals surface area contributed by atoms with E-state index in [0.717, 1.165) is 31.0 Å². The molecule has 0 bridgehead atoms. The molecule has 3 rings (SSSR count). The molecule has 1 N–H and O–H groups in total. The first-order chi connectivity index (χ1) is 12.0. The summed E-state index contributed by atoms with van der Waals surface area (Å²) >= 11 is 6.00. The van der Waals surface area contributed by atoms with Crippen molar-refractivity contribution in [1.82, 2.24) is 4.90 Å². The number of benzene rings is 2. The zero-order valence-corrected chi connectivity index (χ0v) is 15.3. The molecule has 5 nitrogen and oxygen atoms in total. The molecule has 0 unspecified atom stereocenters. The Hall–Kier alpha value is -2.24. The Bertz CT molecular complexity index is 750. The van der Waals surface area contributed by atoms with E-state index < -0.39 is 0 Å². The number of hydrogen-bond donors (Lipinski definition) is 1. The highest BCUT2D eigenvalue weighted by atomic mass is 35.5. The molecule has 2 amide bonds. The molecule has 25 heavy (non-hydrogen) atoms. The Morgan fingerprint density at radius 3 is 2.60 bits per heavy atom. The maximum atomic E-state index is 12.8. The first-order valence-electron chi connectivity index (χ1n) is 8.37. The van der Waals surface area contributed by atoms with Gasteiger partial charge in [-0.05, 0) is 44.4 Å². The van der Waals surface area contributed by atoms with Crippen LogP contribution < -0.4 is 15.1 Å². The lowest BCUT2D eigenvalue weighted by Gasteiger charge is -2.38. The van der Waals surface area contributed by atoms with Gasteiger partial charge in [0.1, 0.15) is 0 Å². The number of nitrogens with zero attached hydrogens (tertiary/aromatic N) is 3. The van der Waals surface area contributed by atoms with Crippen LogP contribution in [0.25, 0.3) is 0 Å². The molecule has 2 aromatic rings. The number of carbonyl (C=O) groups is 1. The van der Waals surface area contributed by atoms with Gasteiger partial charge in [0.05, 0.1) is 11.4 Å². The number of fused-ring (bicyclic) bond motifs is 1. The zero-order valence-electron chi connectivity index (χ0n) is 14.6. The molecule has 0 radical (unpaired) electrons. The Kier molecular flexibility index (Phi) is 5.46. The number of amides is 2. The van der Waals surface area contributed by atoms with Crippen molar-refractivity contribution in [3.63, 3.8) is 0 Å². The van der Waals surface area contributed by atoms with E-state index in [1.807, 2.05) is 30.3 Å². The summed E-state index contributed by atoms with van der Waals surface area (Å²) in [5.41, 5.74) is 2.73. The van der Waals surface area contributed by atoms with Gasteiger partial charge in [-0.1, -0.05) is 29.8 Å². The van der Waals surface area contributed by atoms with Crippen molar-refractivity contribution in [3.8, 4) is 0 Å². The van der Waals surface area contributed by atoms with Gasteiger partial charge in [-0.25, -0.2) is 4.79 Å². The van der Waals surface area contributed by atoms with Gasteiger partial charge in [0.25, 0.3) is 0 Å². The highest BCUT2D eigenvalue weighted by molar-refractivity contribution is 6.30. The molecule has 0 aliphatic carbocycles. The molecule has 6 heteroatoms. The number of rotatable bonds is 4. The van der Waals surface area contributed by atoms with Crippen LogP contribution in [-0.2, 0) is 0 Å². The van der Waals surface area contributed by atoms with Crippen molar-refractivity contribution in [3.05, 3.63) is 53.6 Å². The molecule has 0 atom stereocenters. The second-order valence-corrected chi connectivity index (χ2v) is 6.81. The van der Waals surface area contributed by atoms with Gasteiger partial charge in [0, 0.05) is 36.9 Å². The molecule has 0 aromatic heterocycles. The standard InChI is InChI=1S/C19H23ClN4O/c1-22(2)10-11-23-12-13-24(18-9-4-3-8-17(18)23)19(25)21-16-7-5-6-15(20)14-16/h3-9,14H,10-13H2,1-2H3,(H,21,25). The first-order valence-corrected chi connectivity index (χ1v) is 8.75. The number of nitrogens with one attached hydrogen (secondary N) is 1. The van der Waals surface area contributed by atoms with Crippen LogP contribution in [0, 0.1) is 0 Å². The van der Waals surface area contributed by atoms with E-state index in [2.05, 4.69) is 35.3 Å². The van der Waals surface area contributed by atoms with Gasteiger partial charge in [0.15, 0.2) is 0 Å². The zero-order chi connectivity index (χ0) is 17.8. The van der Waals surface area contributed by atoms with Crippen LogP contribution in [0.3, 0.4) is 0 Å². The molecule has 1 heterocycles. The summed E-state index contributed by atoms with van der Waals surface area (Å²) in [6.07, 6.45) is 0. The minimum absolute atomic E-state index is 0.137. The fourth-order valence-electron chi connectivity index (χ4n) is 2.94. The van der Waals surface area contributed by atoms with Gasteiger partial charge in [-0.2, -0.15) is 0 Å². The molecule has 1 aliphatic heterocycles. The van der Waals surface area contributed by atoms with E-state index in [0.29, 0.717) is 17.3 Å². The van der Waals surface area contributed by atoms with Gasteiger partial charge in [0.2, 0.25) is 0 Å². The highest BCUT2D eigenvalue weighted by Crippen LogP contribution is 2.33. The lowest BCUT2D eigenvalue weighted by molar-refractivity contribution is 0.256. The van der Waals surface area contributed by atoms with E-state index in [-0.39, 0.29) is 6.03 Å². The third-order valence-electron chi connectivity index (χ3n) is 4.24. The third-order valence-corrected chi connectivity index (χ3v) is 4.48. The average molecular weight is 359 g/mol. The van der Waals surface area contributed by atoms with Crippen molar-refractivity contribution in [2.24, 2.45) is 0 Å². The molecule has 132 valence electrons.